The Morgan fingerprint density at radius 3 is 2.48 bits per heavy atom. The van der Waals surface area contributed by atoms with E-state index in [9.17, 15) is 37.3 Å². The fourth-order valence-electron chi connectivity index (χ4n) is 4.97. The van der Waals surface area contributed by atoms with E-state index in [0.29, 0.717) is 0 Å². The van der Waals surface area contributed by atoms with Crippen molar-refractivity contribution in [1.82, 2.24) is 0 Å². The lowest BCUT2D eigenvalue weighted by Crippen LogP contribution is -2.51. The predicted molar refractivity (Wildman–Crippen MR) is 116 cm³/mol. The van der Waals surface area contributed by atoms with Crippen molar-refractivity contribution in [2.24, 2.45) is 11.8 Å². The molecule has 33 heavy (non-hydrogen) atoms. The molecule has 2 aromatic carbocycles. The summed E-state index contributed by atoms with van der Waals surface area (Å²) in [5.41, 5.74) is -1.62. The Bertz CT molecular complexity index is 1210. The number of aliphatic hydroxyl groups is 3. The molecule has 2 bridgehead atoms. The van der Waals surface area contributed by atoms with Crippen LogP contribution in [0.3, 0.4) is 0 Å². The summed E-state index contributed by atoms with van der Waals surface area (Å²) < 4.78 is 53.3. The van der Waals surface area contributed by atoms with Crippen molar-refractivity contribution in [2.75, 3.05) is 11.9 Å². The Morgan fingerprint density at radius 2 is 1.85 bits per heavy atom. The van der Waals surface area contributed by atoms with Gasteiger partial charge in [0.05, 0.1) is 33.5 Å². The number of fused-ring (bicyclic) bond motifs is 2. The summed E-state index contributed by atoms with van der Waals surface area (Å²) in [6.45, 7) is -0.577. The number of aliphatic hydroxyl groups excluding tert-OH is 2. The maximum atomic E-state index is 13.4. The van der Waals surface area contributed by atoms with E-state index in [0.717, 1.165) is 24.3 Å². The largest absolute Gasteiger partial charge is 0.393 e. The summed E-state index contributed by atoms with van der Waals surface area (Å²) in [6.07, 6.45) is -0.804. The third kappa shape index (κ3) is 4.15. The van der Waals surface area contributed by atoms with E-state index >= 15 is 0 Å². The third-order valence-electron chi connectivity index (χ3n) is 6.77. The number of rotatable bonds is 5. The molecule has 2 fully saturated rings. The van der Waals surface area contributed by atoms with Gasteiger partial charge in [0, 0.05) is 23.2 Å². The molecule has 2 aliphatic rings. The lowest BCUT2D eigenvalue weighted by Gasteiger charge is -2.41. The Labute approximate surface area is 193 Å². The van der Waals surface area contributed by atoms with Gasteiger partial charge in [-0.3, -0.25) is 4.79 Å². The molecule has 7 nitrogen and oxygen atoms in total. The maximum Gasteiger partial charge on any atom is 0.255 e. The van der Waals surface area contributed by atoms with Crippen molar-refractivity contribution < 1.29 is 37.3 Å². The molecule has 0 radical (unpaired) electrons. The van der Waals surface area contributed by atoms with E-state index in [-0.39, 0.29) is 40.4 Å². The second kappa shape index (κ2) is 8.59. The molecule has 1 unspecified atom stereocenters. The first-order chi connectivity index (χ1) is 15.5. The zero-order valence-electron chi connectivity index (χ0n) is 17.2. The van der Waals surface area contributed by atoms with Crippen molar-refractivity contribution in [3.63, 3.8) is 0 Å². The Balaban J connectivity index is 1.61. The van der Waals surface area contributed by atoms with Crippen LogP contribution in [-0.4, -0.2) is 53.2 Å². The van der Waals surface area contributed by atoms with Crippen LogP contribution in [0.25, 0.3) is 0 Å². The van der Waals surface area contributed by atoms with E-state index in [2.05, 4.69) is 5.32 Å². The van der Waals surface area contributed by atoms with Crippen LogP contribution in [0, 0.1) is 23.5 Å². The van der Waals surface area contributed by atoms with E-state index in [1.165, 1.54) is 12.1 Å². The number of benzene rings is 2. The molecule has 11 heteroatoms. The molecule has 0 aromatic heterocycles. The quantitative estimate of drug-likeness (QED) is 0.499. The summed E-state index contributed by atoms with van der Waals surface area (Å²) in [6, 6.07) is 6.47. The van der Waals surface area contributed by atoms with Gasteiger partial charge in [0.15, 0.2) is 21.5 Å². The van der Waals surface area contributed by atoms with E-state index in [1.54, 1.807) is 0 Å². The SMILES string of the molecule is O=C(Nc1ccc(F)c(F)c1)c1ccc(Cl)c(S(=O)(=O)[C@@H]2CC3C[C@H](O)[C@@H](C2)[C@@]3(O)CO)c1. The molecular weight excluding hydrogens is 480 g/mol. The monoisotopic (exact) mass is 501 g/mol. The zero-order chi connectivity index (χ0) is 24.1. The first-order valence-corrected chi connectivity index (χ1v) is 12.2. The summed E-state index contributed by atoms with van der Waals surface area (Å²) in [7, 11) is -4.07. The predicted octanol–water partition coefficient (Wildman–Crippen LogP) is 2.53. The highest BCUT2D eigenvalue weighted by Gasteiger charge is 2.59. The molecule has 2 saturated carbocycles. The van der Waals surface area contributed by atoms with Crippen molar-refractivity contribution in [2.45, 2.75) is 41.1 Å². The lowest BCUT2D eigenvalue weighted by molar-refractivity contribution is -0.106. The van der Waals surface area contributed by atoms with Gasteiger partial charge in [-0.05, 0) is 55.5 Å². The fraction of sp³-hybridized carbons (Fsp3) is 0.409. The van der Waals surface area contributed by atoms with Crippen LogP contribution in [0.5, 0.6) is 0 Å². The second-order valence-corrected chi connectivity index (χ2v) is 11.2. The minimum absolute atomic E-state index is 0.0145. The number of hydrogen-bond acceptors (Lipinski definition) is 6. The van der Waals surface area contributed by atoms with Crippen LogP contribution in [0.1, 0.15) is 29.6 Å². The van der Waals surface area contributed by atoms with Gasteiger partial charge in [-0.25, -0.2) is 17.2 Å². The van der Waals surface area contributed by atoms with Gasteiger partial charge in [0.2, 0.25) is 0 Å². The number of carbonyl (C=O) groups is 1. The minimum Gasteiger partial charge on any atom is -0.393 e. The number of halogens is 3. The molecule has 1 amide bonds. The molecule has 0 heterocycles. The van der Waals surface area contributed by atoms with Gasteiger partial charge in [-0.15, -0.1) is 0 Å². The highest BCUT2D eigenvalue weighted by atomic mass is 35.5. The van der Waals surface area contributed by atoms with Gasteiger partial charge >= 0.3 is 0 Å². The van der Waals surface area contributed by atoms with Crippen LogP contribution in [0.15, 0.2) is 41.3 Å². The molecule has 2 aromatic rings. The number of amides is 1. The molecule has 0 saturated heterocycles. The average Bonchev–Trinajstić information content (AvgIpc) is 2.89. The summed E-state index contributed by atoms with van der Waals surface area (Å²) in [4.78, 5) is 12.3. The van der Waals surface area contributed by atoms with Crippen LogP contribution < -0.4 is 5.32 Å². The average molecular weight is 502 g/mol. The van der Waals surface area contributed by atoms with E-state index in [4.69, 9.17) is 11.6 Å². The topological polar surface area (TPSA) is 124 Å². The van der Waals surface area contributed by atoms with Crippen LogP contribution in [0.2, 0.25) is 5.02 Å². The number of carbonyl (C=O) groups excluding carboxylic acids is 1. The molecule has 2 aliphatic carbocycles. The van der Waals surface area contributed by atoms with E-state index < -0.39 is 62.8 Å². The minimum atomic E-state index is -4.07. The highest BCUT2D eigenvalue weighted by molar-refractivity contribution is 7.92. The Kier molecular flexibility index (Phi) is 6.25. The molecular formula is C22H22ClF2NO6S. The lowest BCUT2D eigenvalue weighted by atomic mass is 9.74. The normalized spacial score (nSPS) is 29.2. The Hall–Kier alpha value is -2.11. The van der Waals surface area contributed by atoms with Crippen LogP contribution >= 0.6 is 11.6 Å². The van der Waals surface area contributed by atoms with Gasteiger partial charge in [0.25, 0.3) is 5.91 Å². The highest BCUT2D eigenvalue weighted by Crippen LogP contribution is 2.52. The van der Waals surface area contributed by atoms with Crippen LogP contribution in [-0.2, 0) is 9.84 Å². The summed E-state index contributed by atoms with van der Waals surface area (Å²) >= 11 is 6.16. The van der Waals surface area contributed by atoms with Crippen molar-refractivity contribution >= 4 is 33.0 Å². The van der Waals surface area contributed by atoms with Gasteiger partial charge in [-0.2, -0.15) is 0 Å². The molecule has 0 aliphatic heterocycles. The van der Waals surface area contributed by atoms with Crippen molar-refractivity contribution in [3.05, 3.63) is 58.6 Å². The van der Waals surface area contributed by atoms with E-state index in [1.807, 2.05) is 0 Å². The second-order valence-electron chi connectivity index (χ2n) is 8.62. The number of nitrogens with one attached hydrogen (secondary N) is 1. The first kappa shape index (κ1) is 24.0. The summed E-state index contributed by atoms with van der Waals surface area (Å²) in [5, 5.41) is 31.9. The number of hydrogen-bond donors (Lipinski definition) is 4. The van der Waals surface area contributed by atoms with Gasteiger partial charge in [0.1, 0.15) is 0 Å². The summed E-state index contributed by atoms with van der Waals surface area (Å²) in [5.74, 6) is -4.38. The van der Waals surface area contributed by atoms with Crippen molar-refractivity contribution in [1.29, 1.82) is 0 Å². The van der Waals surface area contributed by atoms with Gasteiger partial charge < -0.3 is 20.6 Å². The zero-order valence-corrected chi connectivity index (χ0v) is 18.8. The molecule has 4 rings (SSSR count). The fourth-order valence-corrected chi connectivity index (χ4v) is 7.35. The van der Waals surface area contributed by atoms with Crippen molar-refractivity contribution in [3.8, 4) is 0 Å². The standard InChI is InChI=1S/C22H22ClF2NO6S/c23-16-3-1-11(21(29)26-13-2-4-17(24)18(25)8-13)5-20(16)33(31,32)14-6-12-7-19(28)15(9-14)22(12,30)10-27/h1-5,8,12,14-15,19,27-28,30H,6-7,9-10H2,(H,26,29)/t12?,14-,15-,19+,22-/m1/s1. The molecule has 4 N–H and O–H groups in total. The molecule has 0 spiro atoms. The maximum absolute atomic E-state index is 13.4. The number of sulfone groups is 1. The van der Waals surface area contributed by atoms with Gasteiger partial charge in [-0.1, -0.05) is 11.6 Å². The third-order valence-corrected chi connectivity index (χ3v) is 9.43. The molecule has 178 valence electrons. The smallest absolute Gasteiger partial charge is 0.255 e. The molecule has 5 atom stereocenters. The first-order valence-electron chi connectivity index (χ1n) is 10.3. The number of anilines is 1. The van der Waals surface area contributed by atoms with Crippen LogP contribution in [0.4, 0.5) is 14.5 Å². The Morgan fingerprint density at radius 1 is 1.12 bits per heavy atom.